The van der Waals surface area contributed by atoms with Crippen LogP contribution in [0.4, 0.5) is 0 Å². The average molecular weight is 296 g/mol. The quantitative estimate of drug-likeness (QED) is 0.633. The lowest BCUT2D eigenvalue weighted by atomic mass is 9.68. The highest BCUT2D eigenvalue weighted by Crippen LogP contribution is 2.41. The first-order valence-electron chi connectivity index (χ1n) is 7.74. The number of phenolic OH excluding ortho intramolecular Hbond substituents is 1. The second-order valence-corrected chi connectivity index (χ2v) is 6.64. The Bertz CT molecular complexity index is 633. The van der Waals surface area contributed by atoms with Gasteiger partial charge in [0.15, 0.2) is 5.78 Å². The minimum Gasteiger partial charge on any atom is -0.508 e. The maximum Gasteiger partial charge on any atom is 0.178 e. The van der Waals surface area contributed by atoms with E-state index in [9.17, 15) is 9.90 Å². The summed E-state index contributed by atoms with van der Waals surface area (Å²) in [4.78, 5) is 12.0. The monoisotopic (exact) mass is 296 g/mol. The first kappa shape index (κ1) is 16.3. The van der Waals surface area contributed by atoms with Gasteiger partial charge in [0, 0.05) is 5.92 Å². The van der Waals surface area contributed by atoms with Crippen LogP contribution in [0.15, 0.2) is 54.1 Å². The molecule has 0 saturated heterocycles. The summed E-state index contributed by atoms with van der Waals surface area (Å²) in [6.07, 6.45) is 11.5. The fraction of sp³-hybridized carbons (Fsp3) is 0.350. The maximum absolute atomic E-state index is 12.0. The predicted octanol–water partition coefficient (Wildman–Crippen LogP) is 4.91. The average Bonchev–Trinajstić information content (AvgIpc) is 2.44. The highest BCUT2D eigenvalue weighted by atomic mass is 16.3. The van der Waals surface area contributed by atoms with Crippen molar-refractivity contribution in [1.29, 1.82) is 0 Å². The van der Waals surface area contributed by atoms with Gasteiger partial charge >= 0.3 is 0 Å². The van der Waals surface area contributed by atoms with E-state index in [0.29, 0.717) is 5.92 Å². The van der Waals surface area contributed by atoms with Gasteiger partial charge in [-0.3, -0.25) is 4.79 Å². The minimum atomic E-state index is -0.0301. The summed E-state index contributed by atoms with van der Waals surface area (Å²) in [5.74, 6) is 0.492. The second kappa shape index (κ2) is 6.78. The zero-order chi connectivity index (χ0) is 16.2. The summed E-state index contributed by atoms with van der Waals surface area (Å²) >= 11 is 0. The zero-order valence-corrected chi connectivity index (χ0v) is 13.5. The van der Waals surface area contributed by atoms with E-state index in [4.69, 9.17) is 0 Å². The zero-order valence-electron chi connectivity index (χ0n) is 13.5. The number of rotatable bonds is 4. The molecule has 116 valence electrons. The fourth-order valence-electron chi connectivity index (χ4n) is 3.04. The van der Waals surface area contributed by atoms with Crippen molar-refractivity contribution in [3.63, 3.8) is 0 Å². The van der Waals surface area contributed by atoms with E-state index in [1.807, 2.05) is 12.1 Å². The smallest absolute Gasteiger partial charge is 0.178 e. The van der Waals surface area contributed by atoms with Gasteiger partial charge in [0.25, 0.3) is 0 Å². The molecule has 0 fully saturated rings. The number of carbonyl (C=O) groups excluding carboxylic acids is 1. The lowest BCUT2D eigenvalue weighted by Gasteiger charge is -2.36. The molecule has 2 rings (SSSR count). The number of hydrogen-bond donors (Lipinski definition) is 1. The van der Waals surface area contributed by atoms with Crippen molar-refractivity contribution in [1.82, 2.24) is 0 Å². The Hall–Kier alpha value is -2.09. The molecule has 2 nitrogen and oxygen atoms in total. The Kier molecular flexibility index (Phi) is 5.02. The lowest BCUT2D eigenvalue weighted by Crippen LogP contribution is -2.26. The van der Waals surface area contributed by atoms with Crippen LogP contribution in [0.25, 0.3) is 6.08 Å². The molecule has 1 aliphatic rings. The number of benzene rings is 1. The number of aromatic hydroxyl groups is 1. The molecule has 0 radical (unpaired) electrons. The second-order valence-electron chi connectivity index (χ2n) is 6.64. The topological polar surface area (TPSA) is 37.3 Å². The Balaban J connectivity index is 2.05. The molecule has 22 heavy (non-hydrogen) atoms. The summed E-state index contributed by atoms with van der Waals surface area (Å²) in [5, 5.41) is 9.40. The molecular formula is C20H24O2. The van der Waals surface area contributed by atoms with Gasteiger partial charge in [-0.2, -0.15) is 0 Å². The lowest BCUT2D eigenvalue weighted by molar-refractivity contribution is -0.110. The summed E-state index contributed by atoms with van der Waals surface area (Å²) in [7, 11) is 0. The van der Waals surface area contributed by atoms with Gasteiger partial charge in [-0.05, 0) is 55.0 Å². The summed E-state index contributed by atoms with van der Waals surface area (Å²) in [6.45, 7) is 6.65. The van der Waals surface area contributed by atoms with Crippen molar-refractivity contribution in [2.45, 2.75) is 33.6 Å². The molecule has 1 aliphatic carbocycles. The molecule has 0 bridgehead atoms. The number of hydrogen-bond acceptors (Lipinski definition) is 2. The van der Waals surface area contributed by atoms with Gasteiger partial charge in [-0.25, -0.2) is 0 Å². The van der Waals surface area contributed by atoms with Crippen molar-refractivity contribution in [3.8, 4) is 5.75 Å². The van der Waals surface area contributed by atoms with Crippen LogP contribution in [0.1, 0.15) is 39.2 Å². The summed E-state index contributed by atoms with van der Waals surface area (Å²) in [6, 6.07) is 6.85. The van der Waals surface area contributed by atoms with Crippen molar-refractivity contribution in [3.05, 3.63) is 59.7 Å². The molecule has 1 aromatic rings. The Morgan fingerprint density at radius 3 is 2.77 bits per heavy atom. The highest BCUT2D eigenvalue weighted by molar-refractivity contribution is 6.02. The summed E-state index contributed by atoms with van der Waals surface area (Å²) < 4.78 is 0. The third-order valence-electron chi connectivity index (χ3n) is 4.35. The van der Waals surface area contributed by atoms with Gasteiger partial charge < -0.3 is 5.11 Å². The van der Waals surface area contributed by atoms with Crippen LogP contribution in [0.2, 0.25) is 0 Å². The van der Waals surface area contributed by atoms with E-state index in [1.54, 1.807) is 36.4 Å². The van der Waals surface area contributed by atoms with E-state index in [1.165, 1.54) is 5.57 Å². The Morgan fingerprint density at radius 2 is 2.09 bits per heavy atom. The van der Waals surface area contributed by atoms with Gasteiger partial charge in [0.05, 0.1) is 0 Å². The van der Waals surface area contributed by atoms with E-state index in [-0.39, 0.29) is 16.9 Å². The van der Waals surface area contributed by atoms with Gasteiger partial charge in [-0.1, -0.05) is 49.8 Å². The van der Waals surface area contributed by atoms with Crippen LogP contribution >= 0.6 is 0 Å². The van der Waals surface area contributed by atoms with E-state index in [2.05, 4.69) is 26.8 Å². The van der Waals surface area contributed by atoms with Crippen LogP contribution in [0.3, 0.4) is 0 Å². The van der Waals surface area contributed by atoms with Gasteiger partial charge in [0.1, 0.15) is 5.75 Å². The van der Waals surface area contributed by atoms with Crippen molar-refractivity contribution in [2.24, 2.45) is 11.3 Å². The van der Waals surface area contributed by atoms with Crippen molar-refractivity contribution < 1.29 is 9.90 Å². The first-order valence-corrected chi connectivity index (χ1v) is 7.74. The minimum absolute atomic E-state index is 0.0301. The Labute approximate surface area is 132 Å². The maximum atomic E-state index is 12.0. The van der Waals surface area contributed by atoms with Crippen LogP contribution in [0, 0.1) is 11.3 Å². The molecule has 2 heteroatoms. The molecule has 0 heterocycles. The molecule has 1 atom stereocenters. The van der Waals surface area contributed by atoms with Gasteiger partial charge in [-0.15, -0.1) is 0 Å². The molecule has 0 aromatic heterocycles. The highest BCUT2D eigenvalue weighted by Gasteiger charge is 2.30. The van der Waals surface area contributed by atoms with E-state index >= 15 is 0 Å². The Morgan fingerprint density at radius 1 is 1.32 bits per heavy atom. The molecule has 1 unspecified atom stereocenters. The standard InChI is InChI=1S/C20H24O2/c1-15-6-5-13-20(2,3)19(15)12-11-17(21)10-9-16-7-4-8-18(22)14-16/h4,6-12,14,19,22H,5,13H2,1-3H3/b10-9+,12-11+. The predicted molar refractivity (Wildman–Crippen MR) is 91.5 cm³/mol. The SMILES string of the molecule is CC1=CCCC(C)(C)C1/C=C/C(=O)/C=C/c1cccc(O)c1. The summed E-state index contributed by atoms with van der Waals surface area (Å²) in [5.41, 5.74) is 2.36. The number of phenols is 1. The normalized spacial score (nSPS) is 21.2. The van der Waals surface area contributed by atoms with Crippen molar-refractivity contribution >= 4 is 11.9 Å². The van der Waals surface area contributed by atoms with Crippen LogP contribution < -0.4 is 0 Å². The first-order chi connectivity index (χ1) is 10.4. The van der Waals surface area contributed by atoms with Crippen LogP contribution in [-0.4, -0.2) is 10.9 Å². The van der Waals surface area contributed by atoms with Crippen LogP contribution in [-0.2, 0) is 4.79 Å². The fourth-order valence-corrected chi connectivity index (χ4v) is 3.04. The number of allylic oxidation sites excluding steroid dienone is 5. The molecule has 1 N–H and O–H groups in total. The molecule has 1 aromatic carbocycles. The number of carbonyl (C=O) groups is 1. The molecule has 0 spiro atoms. The van der Waals surface area contributed by atoms with Gasteiger partial charge in [0.2, 0.25) is 0 Å². The molecular weight excluding hydrogens is 272 g/mol. The third kappa shape index (κ3) is 4.20. The largest absolute Gasteiger partial charge is 0.508 e. The van der Waals surface area contributed by atoms with E-state index < -0.39 is 0 Å². The molecule has 0 amide bonds. The van der Waals surface area contributed by atoms with Crippen molar-refractivity contribution in [2.75, 3.05) is 0 Å². The number of ketones is 1. The van der Waals surface area contributed by atoms with Crippen LogP contribution in [0.5, 0.6) is 5.75 Å². The molecule has 0 saturated carbocycles. The van der Waals surface area contributed by atoms with E-state index in [0.717, 1.165) is 18.4 Å². The third-order valence-corrected chi connectivity index (χ3v) is 4.35. The molecule has 0 aliphatic heterocycles.